The Morgan fingerprint density at radius 1 is 0.941 bits per heavy atom. The number of hydrogen-bond donors (Lipinski definition) is 1. The monoisotopic (exact) mass is 487 g/mol. The van der Waals surface area contributed by atoms with E-state index in [4.69, 9.17) is 21.1 Å². The largest absolute Gasteiger partial charge is 0.494 e. The van der Waals surface area contributed by atoms with Gasteiger partial charge in [-0.2, -0.15) is 0 Å². The molecule has 170 valence electrons. The van der Waals surface area contributed by atoms with Crippen molar-refractivity contribution in [2.75, 3.05) is 11.9 Å². The van der Waals surface area contributed by atoms with Crippen LogP contribution in [0.5, 0.6) is 17.2 Å². The summed E-state index contributed by atoms with van der Waals surface area (Å²) in [6, 6.07) is 23.2. The molecule has 5 nitrogen and oxygen atoms in total. The van der Waals surface area contributed by atoms with Crippen molar-refractivity contribution in [3.63, 3.8) is 0 Å². The van der Waals surface area contributed by atoms with Crippen LogP contribution in [-0.4, -0.2) is 16.6 Å². The number of halogens is 1. The van der Waals surface area contributed by atoms with Gasteiger partial charge in [-0.1, -0.05) is 41.9 Å². The van der Waals surface area contributed by atoms with Gasteiger partial charge in [-0.05, 0) is 61.9 Å². The van der Waals surface area contributed by atoms with Crippen molar-refractivity contribution in [1.29, 1.82) is 0 Å². The molecule has 2 heterocycles. The van der Waals surface area contributed by atoms with Crippen LogP contribution in [0.4, 0.5) is 11.5 Å². The van der Waals surface area contributed by atoms with E-state index in [1.54, 1.807) is 23.7 Å². The summed E-state index contributed by atoms with van der Waals surface area (Å²) in [5.74, 6) is 2.93. The Hall–Kier alpha value is -3.61. The van der Waals surface area contributed by atoms with Gasteiger partial charge in [0.1, 0.15) is 28.5 Å². The fourth-order valence-electron chi connectivity index (χ4n) is 3.80. The van der Waals surface area contributed by atoms with Gasteiger partial charge in [0.05, 0.1) is 17.7 Å². The Balaban J connectivity index is 1.57. The molecule has 7 heteroatoms. The predicted octanol–water partition coefficient (Wildman–Crippen LogP) is 8.25. The molecule has 0 saturated heterocycles. The van der Waals surface area contributed by atoms with Gasteiger partial charge in [0.15, 0.2) is 5.75 Å². The quantitative estimate of drug-likeness (QED) is 0.250. The second-order valence-corrected chi connectivity index (χ2v) is 9.21. The second kappa shape index (κ2) is 9.71. The fourth-order valence-corrected chi connectivity index (χ4v) is 4.99. The molecule has 0 atom stereocenters. The number of rotatable bonds is 7. The van der Waals surface area contributed by atoms with Gasteiger partial charge in [0.25, 0.3) is 0 Å². The average molecular weight is 488 g/mol. The molecule has 0 fully saturated rings. The lowest BCUT2D eigenvalue weighted by Crippen LogP contribution is -1.98. The number of thiophene rings is 1. The van der Waals surface area contributed by atoms with Crippen LogP contribution in [0.15, 0.2) is 79.1 Å². The van der Waals surface area contributed by atoms with Gasteiger partial charge >= 0.3 is 0 Å². The molecule has 0 unspecified atom stereocenters. The molecule has 5 aromatic rings. The van der Waals surface area contributed by atoms with Crippen molar-refractivity contribution in [2.24, 2.45) is 0 Å². The highest BCUT2D eigenvalue weighted by atomic mass is 35.5. The smallest absolute Gasteiger partial charge is 0.151 e. The minimum atomic E-state index is 0.599. The van der Waals surface area contributed by atoms with Gasteiger partial charge in [-0.25, -0.2) is 9.97 Å². The Labute approximate surface area is 207 Å². The molecule has 0 aliphatic carbocycles. The lowest BCUT2D eigenvalue weighted by molar-refractivity contribution is 0.340. The summed E-state index contributed by atoms with van der Waals surface area (Å²) in [7, 11) is 0. The number of anilines is 2. The first-order chi connectivity index (χ1) is 16.6. The van der Waals surface area contributed by atoms with Crippen molar-refractivity contribution in [2.45, 2.75) is 13.8 Å². The molecule has 0 aliphatic heterocycles. The van der Waals surface area contributed by atoms with E-state index >= 15 is 0 Å². The van der Waals surface area contributed by atoms with Crippen molar-refractivity contribution in [3.8, 4) is 28.4 Å². The SMILES string of the molecule is CCOc1ccc(-c2c(C)sc3ncnc(Nc4cc(Cl)ccc4Oc4ccccc4)c23)cc1. The molecule has 2 aromatic heterocycles. The number of fused-ring (bicyclic) bond motifs is 1. The fraction of sp³-hybridized carbons (Fsp3) is 0.111. The zero-order valence-corrected chi connectivity index (χ0v) is 20.3. The van der Waals surface area contributed by atoms with Crippen molar-refractivity contribution in [1.82, 2.24) is 9.97 Å². The third-order valence-corrected chi connectivity index (χ3v) is 6.53. The molecule has 5 rings (SSSR count). The van der Waals surface area contributed by atoms with E-state index in [2.05, 4.69) is 34.3 Å². The molecular formula is C27H22ClN3O2S. The van der Waals surface area contributed by atoms with Crippen LogP contribution in [0.2, 0.25) is 5.02 Å². The van der Waals surface area contributed by atoms with E-state index in [0.717, 1.165) is 43.4 Å². The Morgan fingerprint density at radius 2 is 1.74 bits per heavy atom. The summed E-state index contributed by atoms with van der Waals surface area (Å²) in [4.78, 5) is 11.2. The number of aromatic nitrogens is 2. The number of benzene rings is 3. The third kappa shape index (κ3) is 4.55. The summed E-state index contributed by atoms with van der Waals surface area (Å²) in [5, 5.41) is 5.01. The summed E-state index contributed by atoms with van der Waals surface area (Å²) in [6.45, 7) is 4.71. The van der Waals surface area contributed by atoms with Crippen LogP contribution in [0.1, 0.15) is 11.8 Å². The Morgan fingerprint density at radius 3 is 2.50 bits per heavy atom. The van der Waals surface area contributed by atoms with E-state index in [1.165, 1.54) is 0 Å². The van der Waals surface area contributed by atoms with Crippen LogP contribution >= 0.6 is 22.9 Å². The summed E-state index contributed by atoms with van der Waals surface area (Å²) in [5.41, 5.74) is 2.90. The Bertz CT molecular complexity index is 1440. The van der Waals surface area contributed by atoms with E-state index in [0.29, 0.717) is 23.2 Å². The van der Waals surface area contributed by atoms with E-state index in [-0.39, 0.29) is 0 Å². The maximum absolute atomic E-state index is 6.34. The van der Waals surface area contributed by atoms with Crippen LogP contribution < -0.4 is 14.8 Å². The molecule has 0 amide bonds. The molecule has 3 aromatic carbocycles. The van der Waals surface area contributed by atoms with E-state index in [9.17, 15) is 0 Å². The lowest BCUT2D eigenvalue weighted by atomic mass is 10.0. The molecular weight excluding hydrogens is 466 g/mol. The van der Waals surface area contributed by atoms with Gasteiger partial charge in [-0.3, -0.25) is 0 Å². The Kier molecular flexibility index (Phi) is 6.34. The van der Waals surface area contributed by atoms with Gasteiger partial charge in [0.2, 0.25) is 0 Å². The first-order valence-electron chi connectivity index (χ1n) is 10.9. The normalized spacial score (nSPS) is 10.9. The van der Waals surface area contributed by atoms with Gasteiger partial charge in [-0.15, -0.1) is 11.3 Å². The molecule has 0 aliphatic rings. The van der Waals surface area contributed by atoms with Crippen LogP contribution in [0.3, 0.4) is 0 Å². The van der Waals surface area contributed by atoms with E-state index in [1.807, 2.05) is 61.5 Å². The average Bonchev–Trinajstić information content (AvgIpc) is 3.19. The van der Waals surface area contributed by atoms with Crippen molar-refractivity contribution >= 4 is 44.7 Å². The van der Waals surface area contributed by atoms with E-state index < -0.39 is 0 Å². The van der Waals surface area contributed by atoms with Crippen molar-refractivity contribution < 1.29 is 9.47 Å². The predicted molar refractivity (Wildman–Crippen MR) is 140 cm³/mol. The van der Waals surface area contributed by atoms with Crippen molar-refractivity contribution in [3.05, 3.63) is 89.0 Å². The van der Waals surface area contributed by atoms with Crippen LogP contribution in [-0.2, 0) is 0 Å². The van der Waals surface area contributed by atoms with Crippen LogP contribution in [0.25, 0.3) is 21.3 Å². The minimum Gasteiger partial charge on any atom is -0.494 e. The minimum absolute atomic E-state index is 0.599. The molecule has 0 bridgehead atoms. The third-order valence-electron chi connectivity index (χ3n) is 5.28. The highest BCUT2D eigenvalue weighted by molar-refractivity contribution is 7.19. The first-order valence-corrected chi connectivity index (χ1v) is 12.1. The highest BCUT2D eigenvalue weighted by Gasteiger charge is 2.18. The zero-order valence-electron chi connectivity index (χ0n) is 18.7. The summed E-state index contributed by atoms with van der Waals surface area (Å²) < 4.78 is 11.7. The first kappa shape index (κ1) is 22.2. The summed E-state index contributed by atoms with van der Waals surface area (Å²) in [6.07, 6.45) is 1.57. The molecule has 1 N–H and O–H groups in total. The molecule has 0 saturated carbocycles. The van der Waals surface area contributed by atoms with Gasteiger partial charge in [0, 0.05) is 15.5 Å². The maximum atomic E-state index is 6.34. The number of nitrogens with zero attached hydrogens (tertiary/aromatic N) is 2. The number of nitrogens with one attached hydrogen (secondary N) is 1. The zero-order chi connectivity index (χ0) is 23.5. The standard InChI is InChI=1S/C27H22ClN3O2S/c1-3-32-20-12-9-18(10-13-20)24-17(2)34-27-25(24)26(29-16-30-27)31-22-15-19(28)11-14-23(22)33-21-7-5-4-6-8-21/h4-16H,3H2,1-2H3,(H,29,30,31). The van der Waals surface area contributed by atoms with Crippen LogP contribution in [0, 0.1) is 6.92 Å². The number of aryl methyl sites for hydroxylation is 1. The topological polar surface area (TPSA) is 56.3 Å². The molecule has 0 spiro atoms. The maximum Gasteiger partial charge on any atom is 0.151 e. The highest BCUT2D eigenvalue weighted by Crippen LogP contribution is 2.42. The second-order valence-electron chi connectivity index (χ2n) is 7.57. The number of para-hydroxylation sites is 1. The molecule has 0 radical (unpaired) electrons. The molecule has 34 heavy (non-hydrogen) atoms. The number of ether oxygens (including phenoxy) is 2. The van der Waals surface area contributed by atoms with Gasteiger partial charge < -0.3 is 14.8 Å². The number of hydrogen-bond acceptors (Lipinski definition) is 6. The summed E-state index contributed by atoms with van der Waals surface area (Å²) >= 11 is 7.98. The lowest BCUT2D eigenvalue weighted by Gasteiger charge is -2.14.